The number of hydrogen-bond donors (Lipinski definition) is 1. The van der Waals surface area contributed by atoms with Crippen LogP contribution in [0.5, 0.6) is 0 Å². The van der Waals surface area contributed by atoms with Gasteiger partial charge in [0, 0.05) is 24.8 Å². The summed E-state index contributed by atoms with van der Waals surface area (Å²) in [5, 5.41) is 3.56. The second-order valence-corrected chi connectivity index (χ2v) is 10.0. The molecule has 1 saturated carbocycles. The number of ether oxygens (including phenoxy) is 1. The van der Waals surface area contributed by atoms with Gasteiger partial charge in [-0.15, -0.1) is 0 Å². The van der Waals surface area contributed by atoms with Crippen molar-refractivity contribution in [2.75, 3.05) is 18.0 Å². The van der Waals surface area contributed by atoms with Gasteiger partial charge in [-0.1, -0.05) is 25.3 Å². The second-order valence-electron chi connectivity index (χ2n) is 10.0. The maximum absolute atomic E-state index is 14.0. The maximum Gasteiger partial charge on any atom is 0.410 e. The molecule has 8 heteroatoms. The fourth-order valence-corrected chi connectivity index (χ4v) is 4.96. The molecule has 2 fully saturated rings. The monoisotopic (exact) mass is 444 g/mol. The van der Waals surface area contributed by atoms with E-state index in [0.717, 1.165) is 25.7 Å². The van der Waals surface area contributed by atoms with E-state index in [2.05, 4.69) is 10.3 Å². The van der Waals surface area contributed by atoms with Crippen LogP contribution in [0.2, 0.25) is 0 Å². The Kier molecular flexibility index (Phi) is 6.14. The molecule has 1 N–H and O–H groups in total. The number of amides is 3. The molecule has 3 aliphatic rings. The fourth-order valence-electron chi connectivity index (χ4n) is 4.96. The van der Waals surface area contributed by atoms with Gasteiger partial charge in [-0.3, -0.25) is 4.90 Å². The Morgan fingerprint density at radius 3 is 2.50 bits per heavy atom. The van der Waals surface area contributed by atoms with Crippen LogP contribution in [0.1, 0.15) is 65.7 Å². The van der Waals surface area contributed by atoms with Gasteiger partial charge in [0.05, 0.1) is 0 Å². The van der Waals surface area contributed by atoms with E-state index in [1.807, 2.05) is 20.8 Å². The first-order valence-corrected chi connectivity index (χ1v) is 11.6. The van der Waals surface area contributed by atoms with E-state index in [4.69, 9.17) is 4.74 Å². The van der Waals surface area contributed by atoms with Gasteiger partial charge in [-0.25, -0.2) is 14.0 Å². The first kappa shape index (κ1) is 22.6. The number of aliphatic imine (C=N–C) groups is 1. The number of rotatable bonds is 2. The van der Waals surface area contributed by atoms with E-state index in [0.29, 0.717) is 37.5 Å². The van der Waals surface area contributed by atoms with Crippen LogP contribution >= 0.6 is 0 Å². The number of amidine groups is 1. The van der Waals surface area contributed by atoms with E-state index in [-0.39, 0.29) is 18.2 Å². The number of anilines is 1. The quantitative estimate of drug-likeness (QED) is 0.707. The average molecular weight is 445 g/mol. The zero-order valence-electron chi connectivity index (χ0n) is 19.2. The van der Waals surface area contributed by atoms with Crippen LogP contribution in [-0.2, 0) is 4.74 Å². The maximum atomic E-state index is 14.0. The first-order valence-electron chi connectivity index (χ1n) is 11.6. The molecule has 0 atom stereocenters. The van der Waals surface area contributed by atoms with Crippen molar-refractivity contribution in [2.45, 2.75) is 82.9 Å². The minimum absolute atomic E-state index is 0.281. The molecule has 3 amide bonds. The molecule has 1 aliphatic carbocycles. The lowest BCUT2D eigenvalue weighted by molar-refractivity contribution is 0.0192. The van der Waals surface area contributed by atoms with E-state index in [1.165, 1.54) is 18.6 Å². The van der Waals surface area contributed by atoms with Crippen LogP contribution in [0.3, 0.4) is 0 Å². The minimum Gasteiger partial charge on any atom is -0.444 e. The molecule has 2 aliphatic heterocycles. The molecule has 4 rings (SSSR count). The fraction of sp³-hybridized carbons (Fsp3) is 0.625. The summed E-state index contributed by atoms with van der Waals surface area (Å²) in [6, 6.07) is 5.97. The molecule has 1 aromatic rings. The van der Waals surface area contributed by atoms with Gasteiger partial charge < -0.3 is 15.0 Å². The van der Waals surface area contributed by atoms with Crippen molar-refractivity contribution in [3.8, 4) is 0 Å². The van der Waals surface area contributed by atoms with Gasteiger partial charge in [0.1, 0.15) is 22.8 Å². The molecule has 0 bridgehead atoms. The Morgan fingerprint density at radius 2 is 1.88 bits per heavy atom. The van der Waals surface area contributed by atoms with Crippen molar-refractivity contribution >= 4 is 23.6 Å². The number of carbonyl (C=O) groups excluding carboxylic acids is 2. The lowest BCUT2D eigenvalue weighted by Crippen LogP contribution is -2.62. The molecular formula is C24H33FN4O3. The van der Waals surface area contributed by atoms with Crippen LogP contribution < -0.4 is 10.2 Å². The molecule has 0 unspecified atom stereocenters. The summed E-state index contributed by atoms with van der Waals surface area (Å²) in [7, 11) is 0. The first-order chi connectivity index (χ1) is 15.2. The third-order valence-electron chi connectivity index (χ3n) is 6.52. The molecule has 1 spiro atoms. The molecular weight excluding hydrogens is 411 g/mol. The van der Waals surface area contributed by atoms with Crippen LogP contribution in [0.25, 0.3) is 0 Å². The number of nitrogens with zero attached hydrogens (tertiary/aromatic N) is 3. The van der Waals surface area contributed by atoms with Crippen molar-refractivity contribution in [1.82, 2.24) is 10.2 Å². The molecule has 0 aromatic heterocycles. The Hall–Kier alpha value is -2.64. The van der Waals surface area contributed by atoms with Crippen LogP contribution in [-0.4, -0.2) is 53.1 Å². The lowest BCUT2D eigenvalue weighted by atomic mass is 9.83. The summed E-state index contributed by atoms with van der Waals surface area (Å²) < 4.78 is 19.6. The average Bonchev–Trinajstić information content (AvgIpc) is 2.98. The predicted octanol–water partition coefficient (Wildman–Crippen LogP) is 4.86. The van der Waals surface area contributed by atoms with E-state index in [1.54, 1.807) is 21.9 Å². The second kappa shape index (κ2) is 8.71. The number of carbonyl (C=O) groups is 2. The zero-order valence-corrected chi connectivity index (χ0v) is 19.2. The van der Waals surface area contributed by atoms with Crippen LogP contribution in [0.15, 0.2) is 29.3 Å². The molecule has 0 radical (unpaired) electrons. The Bertz CT molecular complexity index is 897. The summed E-state index contributed by atoms with van der Waals surface area (Å²) in [5.74, 6) is 0.257. The molecule has 1 saturated heterocycles. The molecule has 7 nitrogen and oxygen atoms in total. The summed E-state index contributed by atoms with van der Waals surface area (Å²) in [4.78, 5) is 33.4. The van der Waals surface area contributed by atoms with Gasteiger partial charge in [-0.05, 0) is 64.7 Å². The molecule has 174 valence electrons. The number of benzene rings is 1. The number of urea groups is 1. The topological polar surface area (TPSA) is 74.2 Å². The van der Waals surface area contributed by atoms with Gasteiger partial charge in [0.25, 0.3) is 0 Å². The zero-order chi connectivity index (χ0) is 22.9. The number of piperidine rings is 1. The highest BCUT2D eigenvalue weighted by Gasteiger charge is 2.53. The normalized spacial score (nSPS) is 21.6. The molecule has 32 heavy (non-hydrogen) atoms. The van der Waals surface area contributed by atoms with Gasteiger partial charge in [0.2, 0.25) is 0 Å². The summed E-state index contributed by atoms with van der Waals surface area (Å²) in [6.07, 6.45) is 6.31. The largest absolute Gasteiger partial charge is 0.444 e. The van der Waals surface area contributed by atoms with Crippen molar-refractivity contribution in [3.63, 3.8) is 0 Å². The smallest absolute Gasteiger partial charge is 0.410 e. The van der Waals surface area contributed by atoms with Gasteiger partial charge in [0.15, 0.2) is 0 Å². The number of likely N-dealkylation sites (tertiary alicyclic amines) is 1. The molecule has 1 aromatic carbocycles. The minimum atomic E-state index is -0.721. The van der Waals surface area contributed by atoms with Crippen molar-refractivity contribution in [3.05, 3.63) is 30.1 Å². The highest BCUT2D eigenvalue weighted by atomic mass is 19.1. The standard InChI is InChI=1S/C24H33FN4O3/c1-23(2,3)32-22(31)28-14-12-24(13-15-28)20(26-18-9-5-4-6-10-18)27-21(30)29(24)19-11-7-8-17(25)16-19/h7-8,11,16,18H,4-6,9-10,12-15H2,1-3H3,(H,26,27,30). The van der Waals surface area contributed by atoms with Gasteiger partial charge >= 0.3 is 12.1 Å². The third-order valence-corrected chi connectivity index (χ3v) is 6.52. The SMILES string of the molecule is CC(C)(C)OC(=O)N1CCC2(CC1)C(NC1CCCCC1)=NC(=O)N2c1cccc(F)c1. The lowest BCUT2D eigenvalue weighted by Gasteiger charge is -2.45. The Labute approximate surface area is 189 Å². The van der Waals surface area contributed by atoms with Crippen molar-refractivity contribution in [1.29, 1.82) is 0 Å². The number of nitrogens with one attached hydrogen (secondary N) is 1. The third kappa shape index (κ3) is 4.59. The van der Waals surface area contributed by atoms with Gasteiger partial charge in [-0.2, -0.15) is 4.99 Å². The van der Waals surface area contributed by atoms with Crippen LogP contribution in [0.4, 0.5) is 19.7 Å². The van der Waals surface area contributed by atoms with E-state index in [9.17, 15) is 14.0 Å². The van der Waals surface area contributed by atoms with Crippen molar-refractivity contribution < 1.29 is 18.7 Å². The number of hydrogen-bond acceptors (Lipinski definition) is 4. The summed E-state index contributed by atoms with van der Waals surface area (Å²) in [5.41, 5.74) is -0.802. The molecule has 2 heterocycles. The predicted molar refractivity (Wildman–Crippen MR) is 121 cm³/mol. The Morgan fingerprint density at radius 1 is 1.19 bits per heavy atom. The Balaban J connectivity index is 1.60. The highest BCUT2D eigenvalue weighted by molar-refractivity contribution is 6.16. The van der Waals surface area contributed by atoms with Crippen LogP contribution in [0, 0.1) is 5.82 Å². The summed E-state index contributed by atoms with van der Waals surface area (Å²) >= 11 is 0. The van der Waals surface area contributed by atoms with E-state index >= 15 is 0 Å². The van der Waals surface area contributed by atoms with E-state index < -0.39 is 17.0 Å². The highest BCUT2D eigenvalue weighted by Crippen LogP contribution is 2.39. The summed E-state index contributed by atoms with van der Waals surface area (Å²) in [6.45, 7) is 6.39. The van der Waals surface area contributed by atoms with Crippen molar-refractivity contribution in [2.24, 2.45) is 4.99 Å². The number of halogens is 1.